The highest BCUT2D eigenvalue weighted by molar-refractivity contribution is 5.65. The van der Waals surface area contributed by atoms with E-state index in [1.807, 2.05) is 41.8 Å². The van der Waals surface area contributed by atoms with Gasteiger partial charge in [-0.2, -0.15) is 0 Å². The predicted molar refractivity (Wildman–Crippen MR) is 63.2 cm³/mol. The third kappa shape index (κ3) is 1.29. The van der Waals surface area contributed by atoms with E-state index in [1.165, 1.54) is 0 Å². The number of aryl methyl sites for hydroxylation is 1. The maximum atomic E-state index is 4.16. The van der Waals surface area contributed by atoms with Crippen molar-refractivity contribution in [1.82, 2.24) is 14.8 Å². The van der Waals surface area contributed by atoms with E-state index in [-0.39, 0.29) is 0 Å². The minimum atomic E-state index is 0.956. The largest absolute Gasteiger partial charge is 0.213 e. The molecular formula is C13H11N3. The molecule has 0 atom stereocenters. The highest BCUT2D eigenvalue weighted by atomic mass is 15.4. The molecule has 0 radical (unpaired) electrons. The Kier molecular flexibility index (Phi) is 1.96. The molecule has 16 heavy (non-hydrogen) atoms. The van der Waals surface area contributed by atoms with Crippen molar-refractivity contribution in [3.63, 3.8) is 0 Å². The smallest absolute Gasteiger partial charge is 0.0901 e. The van der Waals surface area contributed by atoms with Crippen molar-refractivity contribution in [2.75, 3.05) is 0 Å². The summed E-state index contributed by atoms with van der Waals surface area (Å²) < 4.78 is 1.88. The molecule has 0 amide bonds. The van der Waals surface area contributed by atoms with Crippen LogP contribution in [0.3, 0.4) is 0 Å². The van der Waals surface area contributed by atoms with Crippen molar-refractivity contribution in [3.8, 4) is 11.3 Å². The molecule has 0 unspecified atom stereocenters. The Hall–Kier alpha value is -2.16. The van der Waals surface area contributed by atoms with Crippen molar-refractivity contribution in [2.24, 2.45) is 0 Å². The zero-order chi connectivity index (χ0) is 11.0. The molecule has 0 N–H and O–H groups in total. The van der Waals surface area contributed by atoms with Gasteiger partial charge in [-0.3, -0.25) is 0 Å². The molecule has 0 saturated heterocycles. The first-order valence-corrected chi connectivity index (χ1v) is 5.23. The van der Waals surface area contributed by atoms with E-state index in [0.717, 1.165) is 22.5 Å². The van der Waals surface area contributed by atoms with E-state index in [9.17, 15) is 0 Å². The third-order valence-corrected chi connectivity index (χ3v) is 2.69. The van der Waals surface area contributed by atoms with Crippen LogP contribution in [0.5, 0.6) is 0 Å². The summed E-state index contributed by atoms with van der Waals surface area (Å²) in [6.07, 6.45) is 0. The van der Waals surface area contributed by atoms with Crippen molar-refractivity contribution >= 4 is 5.52 Å². The lowest BCUT2D eigenvalue weighted by Crippen LogP contribution is -1.93. The minimum absolute atomic E-state index is 0.956. The number of rotatable bonds is 1. The van der Waals surface area contributed by atoms with Crippen LogP contribution in [0, 0.1) is 6.92 Å². The Bertz CT molecular complexity index is 626. The quantitative estimate of drug-likeness (QED) is 0.616. The van der Waals surface area contributed by atoms with Gasteiger partial charge in [0.2, 0.25) is 0 Å². The molecule has 1 aromatic carbocycles. The minimum Gasteiger partial charge on any atom is -0.213 e. The molecule has 0 aliphatic rings. The molecule has 3 aromatic rings. The average Bonchev–Trinajstić information content (AvgIpc) is 2.73. The van der Waals surface area contributed by atoms with Crippen molar-refractivity contribution < 1.29 is 0 Å². The van der Waals surface area contributed by atoms with E-state index in [1.54, 1.807) is 0 Å². The Labute approximate surface area is 93.3 Å². The number of pyridine rings is 1. The lowest BCUT2D eigenvalue weighted by molar-refractivity contribution is 0.855. The lowest BCUT2D eigenvalue weighted by atomic mass is 10.1. The molecular weight excluding hydrogens is 198 g/mol. The zero-order valence-corrected chi connectivity index (χ0v) is 8.96. The Morgan fingerprint density at radius 1 is 0.938 bits per heavy atom. The van der Waals surface area contributed by atoms with Crippen LogP contribution in [-0.4, -0.2) is 14.8 Å². The van der Waals surface area contributed by atoms with Crippen molar-refractivity contribution in [3.05, 3.63) is 54.2 Å². The molecule has 0 fully saturated rings. The first-order chi connectivity index (χ1) is 7.86. The zero-order valence-electron chi connectivity index (χ0n) is 8.96. The molecule has 0 saturated carbocycles. The van der Waals surface area contributed by atoms with Crippen LogP contribution in [0.25, 0.3) is 16.8 Å². The van der Waals surface area contributed by atoms with Crippen LogP contribution in [0.15, 0.2) is 48.5 Å². The van der Waals surface area contributed by atoms with E-state index in [4.69, 9.17) is 0 Å². The Balaban J connectivity index is 2.32. The van der Waals surface area contributed by atoms with Gasteiger partial charge in [0.05, 0.1) is 16.9 Å². The number of aromatic nitrogens is 3. The van der Waals surface area contributed by atoms with Gasteiger partial charge in [0, 0.05) is 5.56 Å². The normalized spacial score (nSPS) is 10.8. The van der Waals surface area contributed by atoms with Gasteiger partial charge >= 0.3 is 0 Å². The van der Waals surface area contributed by atoms with E-state index in [2.05, 4.69) is 28.5 Å². The Morgan fingerprint density at radius 2 is 1.75 bits per heavy atom. The summed E-state index contributed by atoms with van der Waals surface area (Å²) in [5, 5.41) is 8.26. The molecule has 0 bridgehead atoms. The van der Waals surface area contributed by atoms with Crippen LogP contribution < -0.4 is 0 Å². The summed E-state index contributed by atoms with van der Waals surface area (Å²) in [5.41, 5.74) is 4.23. The summed E-state index contributed by atoms with van der Waals surface area (Å²) >= 11 is 0. The van der Waals surface area contributed by atoms with Gasteiger partial charge in [-0.05, 0) is 19.1 Å². The van der Waals surface area contributed by atoms with Crippen LogP contribution in [-0.2, 0) is 0 Å². The van der Waals surface area contributed by atoms with E-state index < -0.39 is 0 Å². The highest BCUT2D eigenvalue weighted by Crippen LogP contribution is 2.20. The number of benzene rings is 1. The second-order valence-corrected chi connectivity index (χ2v) is 3.75. The molecule has 3 heteroatoms. The molecule has 3 nitrogen and oxygen atoms in total. The van der Waals surface area contributed by atoms with Gasteiger partial charge in [-0.15, -0.1) is 5.10 Å². The summed E-state index contributed by atoms with van der Waals surface area (Å²) in [5.74, 6) is 0. The van der Waals surface area contributed by atoms with Gasteiger partial charge in [0.25, 0.3) is 0 Å². The molecule has 0 aliphatic heterocycles. The number of nitrogens with zero attached hydrogens (tertiary/aromatic N) is 3. The first kappa shape index (κ1) is 9.09. The van der Waals surface area contributed by atoms with Crippen molar-refractivity contribution in [2.45, 2.75) is 6.92 Å². The van der Waals surface area contributed by atoms with Crippen LogP contribution >= 0.6 is 0 Å². The van der Waals surface area contributed by atoms with Gasteiger partial charge in [0.1, 0.15) is 0 Å². The van der Waals surface area contributed by atoms with Gasteiger partial charge in [-0.1, -0.05) is 41.6 Å². The molecule has 0 spiro atoms. The van der Waals surface area contributed by atoms with Gasteiger partial charge < -0.3 is 0 Å². The van der Waals surface area contributed by atoms with Crippen LogP contribution in [0.2, 0.25) is 0 Å². The molecule has 2 aromatic heterocycles. The van der Waals surface area contributed by atoms with Crippen LogP contribution in [0.1, 0.15) is 5.69 Å². The predicted octanol–water partition coefficient (Wildman–Crippen LogP) is 2.70. The summed E-state index contributed by atoms with van der Waals surface area (Å²) in [6.45, 7) is 1.97. The second-order valence-electron chi connectivity index (χ2n) is 3.75. The maximum absolute atomic E-state index is 4.16. The lowest BCUT2D eigenvalue weighted by Gasteiger charge is -2.03. The standard InChI is InChI=1S/C13H11N3/c1-10-12-8-5-9-13(16(12)15-14-10)11-6-3-2-4-7-11/h2-9H,1H3. The summed E-state index contributed by atoms with van der Waals surface area (Å²) in [4.78, 5) is 0. The number of hydrogen-bond acceptors (Lipinski definition) is 2. The van der Waals surface area contributed by atoms with Crippen molar-refractivity contribution in [1.29, 1.82) is 0 Å². The van der Waals surface area contributed by atoms with Gasteiger partial charge in [0.15, 0.2) is 0 Å². The molecule has 2 heterocycles. The molecule has 3 rings (SSSR count). The fraction of sp³-hybridized carbons (Fsp3) is 0.0769. The fourth-order valence-electron chi connectivity index (χ4n) is 1.86. The second kappa shape index (κ2) is 3.45. The first-order valence-electron chi connectivity index (χ1n) is 5.23. The Morgan fingerprint density at radius 3 is 2.56 bits per heavy atom. The number of hydrogen-bond donors (Lipinski definition) is 0. The third-order valence-electron chi connectivity index (χ3n) is 2.69. The van der Waals surface area contributed by atoms with E-state index in [0.29, 0.717) is 0 Å². The van der Waals surface area contributed by atoms with E-state index >= 15 is 0 Å². The average molecular weight is 209 g/mol. The topological polar surface area (TPSA) is 30.2 Å². The maximum Gasteiger partial charge on any atom is 0.0901 e. The molecule has 0 aliphatic carbocycles. The highest BCUT2D eigenvalue weighted by Gasteiger charge is 2.06. The number of fused-ring (bicyclic) bond motifs is 1. The van der Waals surface area contributed by atoms with Crippen LogP contribution in [0.4, 0.5) is 0 Å². The fourth-order valence-corrected chi connectivity index (χ4v) is 1.86. The van der Waals surface area contributed by atoms with Gasteiger partial charge in [-0.25, -0.2) is 4.52 Å². The summed E-state index contributed by atoms with van der Waals surface area (Å²) in [6, 6.07) is 16.3. The SMILES string of the molecule is Cc1nnn2c(-c3ccccc3)cccc12. The summed E-state index contributed by atoms with van der Waals surface area (Å²) in [7, 11) is 0. The molecule has 78 valence electrons. The monoisotopic (exact) mass is 209 g/mol.